The number of thiophene rings is 2. The second-order valence-corrected chi connectivity index (χ2v) is 6.57. The first-order valence-electron chi connectivity index (χ1n) is 6.16. The molecule has 3 aromatic rings. The van der Waals surface area contributed by atoms with Crippen LogP contribution in [0, 0.1) is 0 Å². The van der Waals surface area contributed by atoms with Gasteiger partial charge in [-0.3, -0.25) is 4.79 Å². The lowest BCUT2D eigenvalue weighted by molar-refractivity contribution is 0.0702. The van der Waals surface area contributed by atoms with Gasteiger partial charge in [-0.05, 0) is 35.4 Å². The molecule has 104 valence electrons. The Bertz CT molecular complexity index is 797. The molecule has 1 N–H and O–H groups in total. The Morgan fingerprint density at radius 2 is 1.43 bits per heavy atom. The van der Waals surface area contributed by atoms with E-state index in [2.05, 4.69) is 0 Å². The van der Waals surface area contributed by atoms with Crippen molar-refractivity contribution in [2.75, 3.05) is 0 Å². The zero-order valence-corrected chi connectivity index (χ0v) is 12.4. The van der Waals surface area contributed by atoms with Gasteiger partial charge in [-0.2, -0.15) is 0 Å². The lowest BCUT2D eigenvalue weighted by Crippen LogP contribution is -1.89. The van der Waals surface area contributed by atoms with E-state index in [4.69, 9.17) is 5.11 Å². The minimum absolute atomic E-state index is 0.336. The van der Waals surface area contributed by atoms with E-state index in [1.165, 1.54) is 22.7 Å². The number of carbonyl (C=O) groups excluding carboxylic acids is 1. The summed E-state index contributed by atoms with van der Waals surface area (Å²) < 4.78 is 0. The summed E-state index contributed by atoms with van der Waals surface area (Å²) in [6.45, 7) is 0. The maximum atomic E-state index is 10.9. The first-order valence-corrected chi connectivity index (χ1v) is 7.79. The molecule has 0 saturated heterocycles. The molecule has 0 bridgehead atoms. The lowest BCUT2D eigenvalue weighted by atomic mass is 10.1. The lowest BCUT2D eigenvalue weighted by Gasteiger charge is -2.00. The predicted octanol–water partition coefficient (Wildman–Crippen LogP) is 4.65. The van der Waals surface area contributed by atoms with Crippen LogP contribution in [0.15, 0.2) is 48.5 Å². The Morgan fingerprint density at radius 1 is 0.857 bits per heavy atom. The highest BCUT2D eigenvalue weighted by atomic mass is 32.1. The molecule has 0 atom stereocenters. The number of carbonyl (C=O) groups is 2. The molecule has 2 aromatic heterocycles. The van der Waals surface area contributed by atoms with Crippen LogP contribution in [0.25, 0.3) is 20.9 Å². The van der Waals surface area contributed by atoms with E-state index in [1.54, 1.807) is 12.1 Å². The number of benzene rings is 1. The molecule has 0 unspecified atom stereocenters. The van der Waals surface area contributed by atoms with Gasteiger partial charge in [0.2, 0.25) is 0 Å². The van der Waals surface area contributed by atoms with Crippen LogP contribution in [0.2, 0.25) is 0 Å². The van der Waals surface area contributed by atoms with Crippen LogP contribution >= 0.6 is 22.7 Å². The van der Waals surface area contributed by atoms with Gasteiger partial charge in [-0.1, -0.05) is 24.3 Å². The number of hydrogen-bond donors (Lipinski definition) is 1. The third-order valence-corrected chi connectivity index (χ3v) is 5.20. The molecular weight excluding hydrogens is 304 g/mol. The van der Waals surface area contributed by atoms with Crippen LogP contribution in [-0.2, 0) is 0 Å². The van der Waals surface area contributed by atoms with E-state index in [0.717, 1.165) is 27.2 Å². The highest BCUT2D eigenvalue weighted by molar-refractivity contribution is 7.17. The maximum Gasteiger partial charge on any atom is 0.345 e. The third-order valence-electron chi connectivity index (χ3n) is 3.01. The zero-order valence-electron chi connectivity index (χ0n) is 10.8. The average Bonchev–Trinajstić information content (AvgIpc) is 3.17. The minimum atomic E-state index is -0.900. The molecular formula is C16H10O3S2. The third kappa shape index (κ3) is 2.79. The number of aldehydes is 1. The van der Waals surface area contributed by atoms with Gasteiger partial charge in [-0.25, -0.2) is 4.79 Å². The Balaban J connectivity index is 1.89. The van der Waals surface area contributed by atoms with Crippen molar-refractivity contribution in [2.24, 2.45) is 0 Å². The fraction of sp³-hybridized carbons (Fsp3) is 0. The van der Waals surface area contributed by atoms with Crippen LogP contribution in [0.3, 0.4) is 0 Å². The van der Waals surface area contributed by atoms with E-state index < -0.39 is 5.97 Å². The molecule has 21 heavy (non-hydrogen) atoms. The van der Waals surface area contributed by atoms with Crippen molar-refractivity contribution < 1.29 is 14.7 Å². The highest BCUT2D eigenvalue weighted by Gasteiger charge is 2.09. The van der Waals surface area contributed by atoms with Gasteiger partial charge in [0.15, 0.2) is 6.29 Å². The van der Waals surface area contributed by atoms with Gasteiger partial charge in [0.1, 0.15) is 4.88 Å². The summed E-state index contributed by atoms with van der Waals surface area (Å²) in [5, 5.41) is 8.95. The van der Waals surface area contributed by atoms with Gasteiger partial charge in [-0.15, -0.1) is 22.7 Å². The first kappa shape index (κ1) is 13.7. The molecule has 0 spiro atoms. The van der Waals surface area contributed by atoms with Crippen molar-refractivity contribution in [3.05, 3.63) is 58.3 Å². The van der Waals surface area contributed by atoms with E-state index >= 15 is 0 Å². The number of hydrogen-bond acceptors (Lipinski definition) is 4. The smallest absolute Gasteiger partial charge is 0.345 e. The van der Waals surface area contributed by atoms with Gasteiger partial charge in [0, 0.05) is 9.75 Å². The summed E-state index contributed by atoms with van der Waals surface area (Å²) >= 11 is 2.71. The summed E-state index contributed by atoms with van der Waals surface area (Å²) in [5.74, 6) is -0.900. The van der Waals surface area contributed by atoms with Crippen molar-refractivity contribution in [3.8, 4) is 20.9 Å². The molecule has 0 fully saturated rings. The number of carboxylic acids is 1. The van der Waals surface area contributed by atoms with E-state index in [-0.39, 0.29) is 0 Å². The quantitative estimate of drug-likeness (QED) is 0.713. The van der Waals surface area contributed by atoms with E-state index in [0.29, 0.717) is 9.75 Å². The molecule has 3 nitrogen and oxygen atoms in total. The average molecular weight is 314 g/mol. The van der Waals surface area contributed by atoms with Crippen molar-refractivity contribution in [3.63, 3.8) is 0 Å². The molecule has 0 aliphatic rings. The second kappa shape index (κ2) is 5.63. The normalized spacial score (nSPS) is 10.5. The number of aromatic carboxylic acids is 1. The topological polar surface area (TPSA) is 54.4 Å². The highest BCUT2D eigenvalue weighted by Crippen LogP contribution is 2.32. The largest absolute Gasteiger partial charge is 0.477 e. The van der Waals surface area contributed by atoms with Gasteiger partial charge in [0.25, 0.3) is 0 Å². The van der Waals surface area contributed by atoms with Crippen LogP contribution < -0.4 is 0 Å². The van der Waals surface area contributed by atoms with Gasteiger partial charge in [0.05, 0.1) is 4.88 Å². The summed E-state index contributed by atoms with van der Waals surface area (Å²) in [4.78, 5) is 24.6. The molecule has 0 aliphatic carbocycles. The summed E-state index contributed by atoms with van der Waals surface area (Å²) in [6, 6.07) is 15.1. The van der Waals surface area contributed by atoms with Crippen LogP contribution in [-0.4, -0.2) is 17.4 Å². The SMILES string of the molecule is O=Cc1ccc(-c2ccc(-c3ccc(C(=O)O)s3)cc2)s1. The van der Waals surface area contributed by atoms with Crippen LogP contribution in [0.1, 0.15) is 19.3 Å². The molecule has 0 saturated carbocycles. The van der Waals surface area contributed by atoms with Crippen LogP contribution in [0.5, 0.6) is 0 Å². The zero-order chi connectivity index (χ0) is 14.8. The standard InChI is InChI=1S/C16H10O3S2/c17-9-12-5-6-13(20-12)10-1-3-11(4-2-10)14-7-8-15(21-14)16(18)19/h1-9H,(H,18,19). The number of rotatable bonds is 4. The molecule has 0 aliphatic heterocycles. The van der Waals surface area contributed by atoms with Gasteiger partial charge >= 0.3 is 5.97 Å². The molecule has 0 amide bonds. The Hall–Kier alpha value is -2.24. The number of carboxylic acid groups (broad SMARTS) is 1. The Morgan fingerprint density at radius 3 is 1.90 bits per heavy atom. The van der Waals surface area contributed by atoms with Crippen molar-refractivity contribution >= 4 is 34.9 Å². The molecule has 3 rings (SSSR count). The fourth-order valence-electron chi connectivity index (χ4n) is 1.98. The molecule has 1 aromatic carbocycles. The molecule has 2 heterocycles. The first-order chi connectivity index (χ1) is 10.2. The Labute approximate surface area is 129 Å². The van der Waals surface area contributed by atoms with Crippen molar-refractivity contribution in [2.45, 2.75) is 0 Å². The van der Waals surface area contributed by atoms with E-state index in [1.807, 2.05) is 36.4 Å². The maximum absolute atomic E-state index is 10.9. The minimum Gasteiger partial charge on any atom is -0.477 e. The predicted molar refractivity (Wildman–Crippen MR) is 85.4 cm³/mol. The summed E-state index contributed by atoms with van der Waals surface area (Å²) in [5.41, 5.74) is 2.04. The molecule has 0 radical (unpaired) electrons. The fourth-order valence-corrected chi connectivity index (χ4v) is 3.66. The molecule has 5 heteroatoms. The second-order valence-electron chi connectivity index (χ2n) is 4.37. The van der Waals surface area contributed by atoms with E-state index in [9.17, 15) is 9.59 Å². The van der Waals surface area contributed by atoms with Crippen molar-refractivity contribution in [1.82, 2.24) is 0 Å². The monoisotopic (exact) mass is 314 g/mol. The summed E-state index contributed by atoms with van der Waals surface area (Å²) in [7, 11) is 0. The summed E-state index contributed by atoms with van der Waals surface area (Å²) in [6.07, 6.45) is 0.849. The Kier molecular flexibility index (Phi) is 3.68. The van der Waals surface area contributed by atoms with Crippen molar-refractivity contribution in [1.29, 1.82) is 0 Å². The van der Waals surface area contributed by atoms with Crippen LogP contribution in [0.4, 0.5) is 0 Å². The van der Waals surface area contributed by atoms with Gasteiger partial charge < -0.3 is 5.11 Å².